The van der Waals surface area contributed by atoms with E-state index in [1.54, 1.807) is 7.05 Å². The lowest BCUT2D eigenvalue weighted by atomic mass is 9.91. The van der Waals surface area contributed by atoms with Crippen LogP contribution in [0.25, 0.3) is 4.85 Å². The molecule has 0 aliphatic rings. The van der Waals surface area contributed by atoms with Gasteiger partial charge in [-0.25, -0.2) is 4.85 Å². The Hall–Kier alpha value is -2.69. The smallest absolute Gasteiger partial charge is 0.294 e. The molecule has 0 amide bonds. The minimum Gasteiger partial charge on any atom is -0.297 e. The van der Waals surface area contributed by atoms with Gasteiger partial charge in [-0.3, -0.25) is 19.7 Å². The van der Waals surface area contributed by atoms with Gasteiger partial charge in [-0.05, 0) is 6.42 Å². The van der Waals surface area contributed by atoms with Crippen LogP contribution in [0.5, 0.6) is 0 Å². The number of aromatic amines is 2. The molecule has 2 aromatic heterocycles. The number of hydrogen-bond acceptors (Lipinski definition) is 4. The van der Waals surface area contributed by atoms with Gasteiger partial charge >= 0.3 is 0 Å². The summed E-state index contributed by atoms with van der Waals surface area (Å²) >= 11 is 0. The molecule has 0 unspecified atom stereocenters. The summed E-state index contributed by atoms with van der Waals surface area (Å²) in [6, 6.07) is 0. The molecule has 2 N–H and O–H groups in total. The Kier molecular flexibility index (Phi) is 4.50. The number of hydrogen-bond donors (Lipinski definition) is 2. The van der Waals surface area contributed by atoms with Crippen molar-refractivity contribution < 1.29 is 0 Å². The van der Waals surface area contributed by atoms with Crippen LogP contribution in [0.15, 0.2) is 15.0 Å². The molecule has 122 valence electrons. The zero-order valence-corrected chi connectivity index (χ0v) is 14.1. The van der Waals surface area contributed by atoms with E-state index in [0.29, 0.717) is 11.4 Å². The summed E-state index contributed by atoms with van der Waals surface area (Å²) in [6.45, 7) is 15.3. The van der Waals surface area contributed by atoms with Gasteiger partial charge in [0.2, 0.25) is 5.82 Å². The van der Waals surface area contributed by atoms with Crippen LogP contribution in [0.4, 0.5) is 17.2 Å². The summed E-state index contributed by atoms with van der Waals surface area (Å²) in [5.74, 6) is 0.214. The van der Waals surface area contributed by atoms with Crippen LogP contribution in [0.1, 0.15) is 45.5 Å². The standard InChI is InChI=1S/C15H21N7O/c1-7-8-9-10(16-5)13(19-17-9)20-18-11-12(15(2,3)4)21-22(6)14(11)23/h21H,7-8H2,1-4,6H3,(H,17,19). The van der Waals surface area contributed by atoms with E-state index in [2.05, 4.69) is 30.4 Å². The quantitative estimate of drug-likeness (QED) is 0.665. The Morgan fingerprint density at radius 1 is 1.35 bits per heavy atom. The summed E-state index contributed by atoms with van der Waals surface area (Å²) in [5, 5.41) is 18.0. The molecule has 2 aromatic rings. The Morgan fingerprint density at radius 2 is 2.04 bits per heavy atom. The number of rotatable bonds is 4. The highest BCUT2D eigenvalue weighted by atomic mass is 16.1. The van der Waals surface area contributed by atoms with Crippen molar-refractivity contribution in [2.24, 2.45) is 17.3 Å². The molecule has 0 fully saturated rings. The largest absolute Gasteiger partial charge is 0.297 e. The van der Waals surface area contributed by atoms with Crippen LogP contribution < -0.4 is 5.56 Å². The fourth-order valence-corrected chi connectivity index (χ4v) is 2.22. The van der Waals surface area contributed by atoms with Crippen molar-refractivity contribution in [3.05, 3.63) is 33.2 Å². The second kappa shape index (κ2) is 6.20. The SMILES string of the molecule is [C-]#[N+]c1c(N=Nc2c(C(C)(C)C)[nH]n(C)c2=O)n[nH]c1CCC. The van der Waals surface area contributed by atoms with Gasteiger partial charge in [0.05, 0.1) is 12.3 Å². The Bertz CT molecular complexity index is 824. The first-order chi connectivity index (χ1) is 10.8. The van der Waals surface area contributed by atoms with Gasteiger partial charge in [0, 0.05) is 18.2 Å². The Labute approximate surface area is 134 Å². The monoisotopic (exact) mass is 315 g/mol. The summed E-state index contributed by atoms with van der Waals surface area (Å²) in [6.07, 6.45) is 1.62. The molecule has 0 spiro atoms. The molecule has 0 saturated carbocycles. The highest BCUT2D eigenvalue weighted by molar-refractivity contribution is 5.65. The number of azo groups is 1. The van der Waals surface area contributed by atoms with Gasteiger partial charge in [-0.1, -0.05) is 34.1 Å². The molecule has 23 heavy (non-hydrogen) atoms. The van der Waals surface area contributed by atoms with E-state index in [1.165, 1.54) is 4.68 Å². The van der Waals surface area contributed by atoms with E-state index >= 15 is 0 Å². The van der Waals surface area contributed by atoms with E-state index < -0.39 is 0 Å². The van der Waals surface area contributed by atoms with Crippen LogP contribution in [0, 0.1) is 6.57 Å². The van der Waals surface area contributed by atoms with Gasteiger partial charge in [0.1, 0.15) is 0 Å². The molecular weight excluding hydrogens is 294 g/mol. The molecule has 0 radical (unpaired) electrons. The van der Waals surface area contributed by atoms with Crippen LogP contribution in [0.3, 0.4) is 0 Å². The molecule has 2 heterocycles. The van der Waals surface area contributed by atoms with Gasteiger partial charge in [-0.15, -0.1) is 10.2 Å². The first-order valence-electron chi connectivity index (χ1n) is 7.45. The third-order valence-electron chi connectivity index (χ3n) is 3.42. The number of nitrogens with zero attached hydrogens (tertiary/aromatic N) is 5. The maximum absolute atomic E-state index is 12.2. The maximum atomic E-state index is 12.2. The topological polar surface area (TPSA) is 95.6 Å². The van der Waals surface area contributed by atoms with Crippen LogP contribution >= 0.6 is 0 Å². The van der Waals surface area contributed by atoms with Crippen molar-refractivity contribution in [2.75, 3.05) is 0 Å². The van der Waals surface area contributed by atoms with E-state index in [4.69, 9.17) is 6.57 Å². The van der Waals surface area contributed by atoms with Gasteiger partial charge < -0.3 is 0 Å². The number of nitrogens with one attached hydrogen (secondary N) is 2. The predicted octanol–water partition coefficient (Wildman–Crippen LogP) is 3.65. The van der Waals surface area contributed by atoms with Gasteiger partial charge in [0.15, 0.2) is 5.69 Å². The van der Waals surface area contributed by atoms with Crippen LogP contribution in [0.2, 0.25) is 0 Å². The van der Waals surface area contributed by atoms with Gasteiger partial charge in [0.25, 0.3) is 11.2 Å². The zero-order chi connectivity index (χ0) is 17.2. The normalized spacial score (nSPS) is 12.0. The van der Waals surface area contributed by atoms with Crippen molar-refractivity contribution in [2.45, 2.75) is 46.0 Å². The average Bonchev–Trinajstić information content (AvgIpc) is 2.99. The lowest BCUT2D eigenvalue weighted by molar-refractivity contribution is 0.552. The number of H-pyrrole nitrogens is 2. The first-order valence-corrected chi connectivity index (χ1v) is 7.45. The number of aromatic nitrogens is 4. The fraction of sp³-hybridized carbons (Fsp3) is 0.533. The third kappa shape index (κ3) is 3.23. The maximum Gasteiger partial charge on any atom is 0.294 e. The van der Waals surface area contributed by atoms with E-state index in [-0.39, 0.29) is 22.5 Å². The van der Waals surface area contributed by atoms with Crippen molar-refractivity contribution in [3.8, 4) is 0 Å². The molecule has 0 aromatic carbocycles. The second-order valence-electron chi connectivity index (χ2n) is 6.39. The number of aryl methyl sites for hydroxylation is 2. The molecule has 8 nitrogen and oxygen atoms in total. The molecule has 0 aliphatic carbocycles. The summed E-state index contributed by atoms with van der Waals surface area (Å²) in [7, 11) is 1.63. The second-order valence-corrected chi connectivity index (χ2v) is 6.39. The molecule has 0 bridgehead atoms. The van der Waals surface area contributed by atoms with E-state index in [0.717, 1.165) is 18.5 Å². The van der Waals surface area contributed by atoms with Gasteiger partial charge in [-0.2, -0.15) is 5.10 Å². The highest BCUT2D eigenvalue weighted by Gasteiger charge is 2.24. The van der Waals surface area contributed by atoms with Crippen LogP contribution in [-0.4, -0.2) is 20.0 Å². The molecule has 8 heteroatoms. The average molecular weight is 315 g/mol. The Balaban J connectivity index is 2.47. The van der Waals surface area contributed by atoms with E-state index in [9.17, 15) is 4.79 Å². The third-order valence-corrected chi connectivity index (χ3v) is 3.42. The molecule has 0 saturated heterocycles. The molecule has 0 aliphatic heterocycles. The fourth-order valence-electron chi connectivity index (χ4n) is 2.22. The van der Waals surface area contributed by atoms with Crippen molar-refractivity contribution in [1.82, 2.24) is 20.0 Å². The summed E-state index contributed by atoms with van der Waals surface area (Å²) < 4.78 is 1.37. The Morgan fingerprint density at radius 3 is 2.61 bits per heavy atom. The molecule has 2 rings (SSSR count). The van der Waals surface area contributed by atoms with E-state index in [1.807, 2.05) is 27.7 Å². The minimum atomic E-state index is -0.281. The lowest BCUT2D eigenvalue weighted by Gasteiger charge is -2.16. The minimum absolute atomic E-state index is 0.214. The highest BCUT2D eigenvalue weighted by Crippen LogP contribution is 2.33. The summed E-state index contributed by atoms with van der Waals surface area (Å²) in [5.41, 5.74) is 1.51. The van der Waals surface area contributed by atoms with Crippen molar-refractivity contribution >= 4 is 17.2 Å². The molecule has 0 atom stereocenters. The predicted molar refractivity (Wildman–Crippen MR) is 87.8 cm³/mol. The first kappa shape index (κ1) is 16.7. The zero-order valence-electron chi connectivity index (χ0n) is 14.1. The summed E-state index contributed by atoms with van der Waals surface area (Å²) in [4.78, 5) is 15.7. The van der Waals surface area contributed by atoms with Crippen molar-refractivity contribution in [1.29, 1.82) is 0 Å². The van der Waals surface area contributed by atoms with Crippen LogP contribution in [-0.2, 0) is 18.9 Å². The van der Waals surface area contributed by atoms with Crippen molar-refractivity contribution in [3.63, 3.8) is 0 Å². The lowest BCUT2D eigenvalue weighted by Crippen LogP contribution is -2.12. The molecular formula is C15H21N7O.